The number of para-hydroxylation sites is 1. The monoisotopic (exact) mass is 358 g/mol. The van der Waals surface area contributed by atoms with Gasteiger partial charge in [-0.05, 0) is 73.7 Å². The summed E-state index contributed by atoms with van der Waals surface area (Å²) >= 11 is 0. The molecule has 0 atom stereocenters. The van der Waals surface area contributed by atoms with Crippen molar-refractivity contribution in [1.82, 2.24) is 4.57 Å². The van der Waals surface area contributed by atoms with Crippen LogP contribution in [-0.4, -0.2) is 4.57 Å². The van der Waals surface area contributed by atoms with Crippen molar-refractivity contribution in [3.8, 4) is 11.8 Å². The topological polar surface area (TPSA) is 28.7 Å². The maximum Gasteiger partial charge on any atom is 0.123 e. The second kappa shape index (κ2) is 7.63. The van der Waals surface area contributed by atoms with Crippen molar-refractivity contribution in [3.63, 3.8) is 0 Å². The van der Waals surface area contributed by atoms with Crippen molar-refractivity contribution in [2.24, 2.45) is 0 Å². The lowest BCUT2D eigenvalue weighted by Crippen LogP contribution is -2.05. The number of allylic oxidation sites excluding steroid dienone is 1. The molecule has 0 amide bonds. The molecule has 3 heteroatoms. The molecule has 0 aliphatic heterocycles. The molecule has 27 heavy (non-hydrogen) atoms. The van der Waals surface area contributed by atoms with E-state index in [1.54, 1.807) is 12.1 Å². The van der Waals surface area contributed by atoms with Gasteiger partial charge in [-0.15, -0.1) is 0 Å². The van der Waals surface area contributed by atoms with Gasteiger partial charge in [-0.2, -0.15) is 5.26 Å². The number of aryl methyl sites for hydroxylation is 3. The molecule has 0 spiro atoms. The fraction of sp³-hybridized carbons (Fsp3) is 0.208. The average Bonchev–Trinajstić information content (AvgIpc) is 2.93. The number of nitriles is 1. The quantitative estimate of drug-likeness (QED) is 0.513. The molecule has 0 N–H and O–H groups in total. The molecule has 1 heterocycles. The first-order valence-corrected chi connectivity index (χ1v) is 9.11. The third kappa shape index (κ3) is 3.57. The Balaban J connectivity index is 2.15. The lowest BCUT2D eigenvalue weighted by molar-refractivity contribution is 0.627. The molecule has 0 saturated carbocycles. The van der Waals surface area contributed by atoms with Crippen LogP contribution >= 0.6 is 0 Å². The van der Waals surface area contributed by atoms with Crippen LogP contribution in [0, 0.1) is 37.9 Å². The average molecular weight is 358 g/mol. The highest BCUT2D eigenvalue weighted by Crippen LogP contribution is 2.29. The van der Waals surface area contributed by atoms with Crippen LogP contribution in [0.4, 0.5) is 4.39 Å². The van der Waals surface area contributed by atoms with E-state index in [2.05, 4.69) is 62.6 Å². The molecule has 3 rings (SSSR count). The highest BCUT2D eigenvalue weighted by molar-refractivity contribution is 5.90. The van der Waals surface area contributed by atoms with E-state index >= 15 is 0 Å². The lowest BCUT2D eigenvalue weighted by Gasteiger charge is -2.17. The third-order valence-corrected chi connectivity index (χ3v) is 4.97. The van der Waals surface area contributed by atoms with Crippen LogP contribution in [0.5, 0.6) is 0 Å². The summed E-state index contributed by atoms with van der Waals surface area (Å²) in [4.78, 5) is 0. The Morgan fingerprint density at radius 2 is 1.81 bits per heavy atom. The van der Waals surface area contributed by atoms with E-state index in [0.717, 1.165) is 23.4 Å². The molecule has 0 saturated heterocycles. The Labute approximate surface area is 160 Å². The molecule has 0 radical (unpaired) electrons. The fourth-order valence-corrected chi connectivity index (χ4v) is 3.57. The van der Waals surface area contributed by atoms with Gasteiger partial charge in [-0.3, -0.25) is 0 Å². The van der Waals surface area contributed by atoms with E-state index in [-0.39, 0.29) is 5.82 Å². The molecule has 2 aromatic carbocycles. The van der Waals surface area contributed by atoms with Crippen molar-refractivity contribution in [3.05, 3.63) is 88.0 Å². The van der Waals surface area contributed by atoms with Crippen LogP contribution in [-0.2, 0) is 6.42 Å². The highest BCUT2D eigenvalue weighted by Gasteiger charge is 2.15. The van der Waals surface area contributed by atoms with Gasteiger partial charge in [0, 0.05) is 11.4 Å². The van der Waals surface area contributed by atoms with E-state index < -0.39 is 0 Å². The molecule has 1 aromatic heterocycles. The molecule has 0 aliphatic carbocycles. The van der Waals surface area contributed by atoms with Gasteiger partial charge in [0.2, 0.25) is 0 Å². The van der Waals surface area contributed by atoms with Crippen molar-refractivity contribution >= 4 is 11.6 Å². The van der Waals surface area contributed by atoms with Gasteiger partial charge in [0.25, 0.3) is 0 Å². The second-order valence-corrected chi connectivity index (χ2v) is 6.77. The Morgan fingerprint density at radius 1 is 1.11 bits per heavy atom. The number of hydrogen-bond donors (Lipinski definition) is 0. The van der Waals surface area contributed by atoms with Gasteiger partial charge in [-0.25, -0.2) is 4.39 Å². The van der Waals surface area contributed by atoms with Crippen LogP contribution in [0.25, 0.3) is 17.3 Å². The highest BCUT2D eigenvalue weighted by atomic mass is 19.1. The SMILES string of the molecule is CCc1cccc(C)c1-n1c(C)cc(/C=C(/C#N)c2ccc(F)cc2)c1C. The number of rotatable bonds is 4. The summed E-state index contributed by atoms with van der Waals surface area (Å²) in [5.41, 5.74) is 8.20. The zero-order valence-electron chi connectivity index (χ0n) is 16.2. The second-order valence-electron chi connectivity index (χ2n) is 6.77. The number of hydrogen-bond acceptors (Lipinski definition) is 1. The summed E-state index contributed by atoms with van der Waals surface area (Å²) in [6.45, 7) is 8.45. The zero-order valence-corrected chi connectivity index (χ0v) is 16.2. The van der Waals surface area contributed by atoms with Crippen molar-refractivity contribution in [1.29, 1.82) is 5.26 Å². The molecule has 0 aliphatic rings. The zero-order chi connectivity index (χ0) is 19.6. The fourth-order valence-electron chi connectivity index (χ4n) is 3.57. The molecule has 0 fully saturated rings. The van der Waals surface area contributed by atoms with Crippen LogP contribution in [0.2, 0.25) is 0 Å². The minimum absolute atomic E-state index is 0.305. The van der Waals surface area contributed by atoms with Crippen molar-refractivity contribution < 1.29 is 4.39 Å². The summed E-state index contributed by atoms with van der Waals surface area (Å²) in [6.07, 6.45) is 2.84. The molecule has 2 nitrogen and oxygen atoms in total. The predicted molar refractivity (Wildman–Crippen MR) is 109 cm³/mol. The van der Waals surface area contributed by atoms with Crippen molar-refractivity contribution in [2.45, 2.75) is 34.1 Å². The maximum absolute atomic E-state index is 13.2. The summed E-state index contributed by atoms with van der Waals surface area (Å²) in [6, 6.07) is 16.8. The van der Waals surface area contributed by atoms with E-state index in [4.69, 9.17) is 0 Å². The summed E-state index contributed by atoms with van der Waals surface area (Å²) in [7, 11) is 0. The van der Waals surface area contributed by atoms with Crippen LogP contribution in [0.1, 0.15) is 40.6 Å². The number of halogens is 1. The van der Waals surface area contributed by atoms with E-state index in [1.165, 1.54) is 28.9 Å². The third-order valence-electron chi connectivity index (χ3n) is 4.97. The summed E-state index contributed by atoms with van der Waals surface area (Å²) in [5, 5.41) is 9.60. The number of benzene rings is 2. The largest absolute Gasteiger partial charge is 0.317 e. The molecular weight excluding hydrogens is 335 g/mol. The Hall–Kier alpha value is -3.12. The Bertz CT molecular complexity index is 1050. The summed E-state index contributed by atoms with van der Waals surface area (Å²) < 4.78 is 15.5. The van der Waals surface area contributed by atoms with Gasteiger partial charge in [-0.1, -0.05) is 37.3 Å². The van der Waals surface area contributed by atoms with E-state index in [9.17, 15) is 9.65 Å². The van der Waals surface area contributed by atoms with Gasteiger partial charge in [0.05, 0.1) is 17.3 Å². The maximum atomic E-state index is 13.2. The first-order valence-electron chi connectivity index (χ1n) is 9.11. The normalized spacial score (nSPS) is 11.5. The lowest BCUT2D eigenvalue weighted by atomic mass is 10.0. The van der Waals surface area contributed by atoms with Crippen molar-refractivity contribution in [2.75, 3.05) is 0 Å². The predicted octanol–water partition coefficient (Wildman–Crippen LogP) is 6.17. The van der Waals surface area contributed by atoms with Gasteiger partial charge < -0.3 is 4.57 Å². The smallest absolute Gasteiger partial charge is 0.123 e. The van der Waals surface area contributed by atoms with E-state index in [1.807, 2.05) is 6.08 Å². The van der Waals surface area contributed by atoms with Crippen LogP contribution in [0.3, 0.4) is 0 Å². The Kier molecular flexibility index (Phi) is 5.28. The number of aromatic nitrogens is 1. The molecule has 136 valence electrons. The number of nitrogens with zero attached hydrogens (tertiary/aromatic N) is 2. The molecule has 0 bridgehead atoms. The van der Waals surface area contributed by atoms with Gasteiger partial charge >= 0.3 is 0 Å². The first-order chi connectivity index (χ1) is 13.0. The first kappa shape index (κ1) is 18.7. The van der Waals surface area contributed by atoms with Gasteiger partial charge in [0.1, 0.15) is 5.82 Å². The minimum Gasteiger partial charge on any atom is -0.317 e. The minimum atomic E-state index is -0.305. The van der Waals surface area contributed by atoms with Gasteiger partial charge in [0.15, 0.2) is 0 Å². The molecular formula is C24H23FN2. The van der Waals surface area contributed by atoms with Crippen LogP contribution in [0.15, 0.2) is 48.5 Å². The van der Waals surface area contributed by atoms with E-state index in [0.29, 0.717) is 11.1 Å². The molecule has 0 unspecified atom stereocenters. The van der Waals surface area contributed by atoms with Crippen LogP contribution < -0.4 is 0 Å². The summed E-state index contributed by atoms with van der Waals surface area (Å²) in [5.74, 6) is -0.305. The molecule has 3 aromatic rings. The Morgan fingerprint density at radius 3 is 2.44 bits per heavy atom. The standard InChI is InChI=1S/C24H23FN2/c1-5-19-8-6-7-16(2)24(19)27-17(3)13-21(18(27)4)14-22(15-26)20-9-11-23(25)12-10-20/h6-14H,5H2,1-4H3/b22-14-.